The molecule has 2 saturated heterocycles. The second-order valence-electron chi connectivity index (χ2n) is 11.2. The predicted molar refractivity (Wildman–Crippen MR) is 104 cm³/mol. The zero-order valence-corrected chi connectivity index (χ0v) is 18.4. The normalized spacial score (nSPS) is 30.5. The van der Waals surface area contributed by atoms with Crippen LogP contribution in [0.5, 0.6) is 0 Å². The molecule has 2 aliphatic heterocycles. The molecule has 25 heavy (non-hydrogen) atoms. The standard InChI is InChI=1S/C21H42N2O2/c1-16-11-18(3,4)22(19(5,6)12-16)24-15-25-23-20(7,8)13-17(2)14-21(23,9)10/h16-17H,11-15H2,1-10H3. The third-order valence-electron chi connectivity index (χ3n) is 5.95. The Balaban J connectivity index is 2.03. The molecule has 0 N–H and O–H groups in total. The van der Waals surface area contributed by atoms with Gasteiger partial charge in [0.15, 0.2) is 6.79 Å². The lowest BCUT2D eigenvalue weighted by molar-refractivity contribution is -0.386. The summed E-state index contributed by atoms with van der Waals surface area (Å²) in [5, 5.41) is 4.37. The highest BCUT2D eigenvalue weighted by Gasteiger charge is 2.47. The summed E-state index contributed by atoms with van der Waals surface area (Å²) in [6.45, 7) is 23.2. The number of nitrogens with zero attached hydrogens (tertiary/aromatic N) is 2. The predicted octanol–water partition coefficient (Wildman–Crippen LogP) is 5.39. The van der Waals surface area contributed by atoms with Crippen LogP contribution in [0, 0.1) is 11.8 Å². The van der Waals surface area contributed by atoms with E-state index >= 15 is 0 Å². The van der Waals surface area contributed by atoms with E-state index in [0.717, 1.165) is 25.7 Å². The summed E-state index contributed by atoms with van der Waals surface area (Å²) in [5.74, 6) is 1.43. The molecule has 0 saturated carbocycles. The Labute approximate surface area is 156 Å². The average Bonchev–Trinajstić information content (AvgIpc) is 2.30. The molecule has 0 bridgehead atoms. The molecular weight excluding hydrogens is 312 g/mol. The summed E-state index contributed by atoms with van der Waals surface area (Å²) in [4.78, 5) is 12.5. The summed E-state index contributed by atoms with van der Waals surface area (Å²) in [7, 11) is 0. The third kappa shape index (κ3) is 4.58. The van der Waals surface area contributed by atoms with Crippen molar-refractivity contribution in [2.45, 2.75) is 117 Å². The van der Waals surface area contributed by atoms with Gasteiger partial charge in [0.05, 0.1) is 0 Å². The van der Waals surface area contributed by atoms with Gasteiger partial charge in [0, 0.05) is 22.2 Å². The smallest absolute Gasteiger partial charge is 0.187 e. The van der Waals surface area contributed by atoms with Crippen molar-refractivity contribution in [3.8, 4) is 0 Å². The van der Waals surface area contributed by atoms with Gasteiger partial charge in [-0.25, -0.2) is 0 Å². The molecule has 148 valence electrons. The molecule has 0 aromatic carbocycles. The van der Waals surface area contributed by atoms with Gasteiger partial charge in [-0.15, -0.1) is 0 Å². The molecule has 0 spiro atoms. The van der Waals surface area contributed by atoms with E-state index in [-0.39, 0.29) is 28.9 Å². The Hall–Kier alpha value is -0.160. The maximum Gasteiger partial charge on any atom is 0.187 e. The van der Waals surface area contributed by atoms with Gasteiger partial charge < -0.3 is 0 Å². The fourth-order valence-corrected chi connectivity index (χ4v) is 6.35. The zero-order chi connectivity index (χ0) is 19.3. The molecule has 0 aromatic heterocycles. The molecule has 4 heteroatoms. The van der Waals surface area contributed by atoms with Crippen LogP contribution in [0.2, 0.25) is 0 Å². The van der Waals surface area contributed by atoms with Crippen molar-refractivity contribution in [3.63, 3.8) is 0 Å². The van der Waals surface area contributed by atoms with Gasteiger partial charge in [0.2, 0.25) is 0 Å². The maximum atomic E-state index is 6.25. The molecule has 0 unspecified atom stereocenters. The highest BCUT2D eigenvalue weighted by molar-refractivity contribution is 4.96. The van der Waals surface area contributed by atoms with E-state index < -0.39 is 0 Å². The Morgan fingerprint density at radius 3 is 1.08 bits per heavy atom. The van der Waals surface area contributed by atoms with Gasteiger partial charge in [0.25, 0.3) is 0 Å². The fourth-order valence-electron chi connectivity index (χ4n) is 6.35. The van der Waals surface area contributed by atoms with Gasteiger partial charge in [-0.1, -0.05) is 13.8 Å². The van der Waals surface area contributed by atoms with Gasteiger partial charge in [-0.2, -0.15) is 10.1 Å². The van der Waals surface area contributed by atoms with E-state index in [1.165, 1.54) is 0 Å². The van der Waals surface area contributed by atoms with E-state index in [2.05, 4.69) is 79.4 Å². The van der Waals surface area contributed by atoms with Crippen molar-refractivity contribution < 1.29 is 9.68 Å². The SMILES string of the molecule is CC1CC(C)(C)N(OCON2C(C)(C)CC(C)CC2(C)C)C(C)(C)C1. The quantitative estimate of drug-likeness (QED) is 0.632. The van der Waals surface area contributed by atoms with Crippen LogP contribution in [0.4, 0.5) is 0 Å². The van der Waals surface area contributed by atoms with Gasteiger partial charge in [0.1, 0.15) is 0 Å². The van der Waals surface area contributed by atoms with E-state index in [1.807, 2.05) is 0 Å². The van der Waals surface area contributed by atoms with Gasteiger partial charge in [-0.05, 0) is 92.9 Å². The molecule has 4 nitrogen and oxygen atoms in total. The van der Waals surface area contributed by atoms with Crippen molar-refractivity contribution in [1.82, 2.24) is 10.1 Å². The molecule has 2 rings (SSSR count). The lowest BCUT2D eigenvalue weighted by Gasteiger charge is -2.55. The van der Waals surface area contributed by atoms with E-state index in [0.29, 0.717) is 11.8 Å². The lowest BCUT2D eigenvalue weighted by Crippen LogP contribution is -2.62. The van der Waals surface area contributed by atoms with Crippen LogP contribution in [-0.4, -0.2) is 39.1 Å². The summed E-state index contributed by atoms with van der Waals surface area (Å²) in [5.41, 5.74) is 0.0793. The Kier molecular flexibility index (Phi) is 5.73. The number of rotatable bonds is 4. The first-order valence-electron chi connectivity index (χ1n) is 10.0. The van der Waals surface area contributed by atoms with Crippen molar-refractivity contribution in [2.75, 3.05) is 6.79 Å². The highest BCUT2D eigenvalue weighted by Crippen LogP contribution is 2.43. The molecule has 2 fully saturated rings. The van der Waals surface area contributed by atoms with Crippen LogP contribution in [0.3, 0.4) is 0 Å². The largest absolute Gasteiger partial charge is 0.268 e. The second-order valence-corrected chi connectivity index (χ2v) is 11.2. The molecule has 0 aromatic rings. The van der Waals surface area contributed by atoms with Crippen LogP contribution in [0.1, 0.15) is 94.9 Å². The van der Waals surface area contributed by atoms with Crippen LogP contribution in [0.25, 0.3) is 0 Å². The minimum Gasteiger partial charge on any atom is -0.268 e. The molecule has 0 radical (unpaired) electrons. The Bertz CT molecular complexity index is 393. The van der Waals surface area contributed by atoms with Gasteiger partial charge >= 0.3 is 0 Å². The maximum absolute atomic E-state index is 6.25. The average molecular weight is 355 g/mol. The topological polar surface area (TPSA) is 24.9 Å². The Morgan fingerprint density at radius 1 is 0.600 bits per heavy atom. The number of piperidine rings is 2. The summed E-state index contributed by atoms with van der Waals surface area (Å²) >= 11 is 0. The first-order valence-corrected chi connectivity index (χ1v) is 10.0. The first kappa shape index (κ1) is 21.1. The van der Waals surface area contributed by atoms with E-state index in [4.69, 9.17) is 9.68 Å². The third-order valence-corrected chi connectivity index (χ3v) is 5.95. The van der Waals surface area contributed by atoms with Gasteiger partial charge in [-0.3, -0.25) is 9.68 Å². The zero-order valence-electron chi connectivity index (χ0n) is 18.4. The minimum absolute atomic E-state index is 0.0198. The van der Waals surface area contributed by atoms with Crippen molar-refractivity contribution in [3.05, 3.63) is 0 Å². The van der Waals surface area contributed by atoms with Crippen molar-refractivity contribution in [2.24, 2.45) is 11.8 Å². The molecule has 0 aliphatic carbocycles. The summed E-state index contributed by atoms with van der Waals surface area (Å²) < 4.78 is 0. The van der Waals surface area contributed by atoms with E-state index in [1.54, 1.807) is 0 Å². The first-order chi connectivity index (χ1) is 11.2. The summed E-state index contributed by atoms with van der Waals surface area (Å²) in [6, 6.07) is 0. The number of hydrogen-bond acceptors (Lipinski definition) is 4. The highest BCUT2D eigenvalue weighted by atomic mass is 16.8. The Morgan fingerprint density at radius 2 is 0.840 bits per heavy atom. The molecule has 0 amide bonds. The van der Waals surface area contributed by atoms with Crippen LogP contribution in [0.15, 0.2) is 0 Å². The molecule has 0 atom stereocenters. The lowest BCUT2D eigenvalue weighted by atomic mass is 9.76. The molecular formula is C21H42N2O2. The summed E-state index contributed by atoms with van der Waals surface area (Å²) in [6.07, 6.45) is 4.59. The monoisotopic (exact) mass is 354 g/mol. The molecule has 2 heterocycles. The fraction of sp³-hybridized carbons (Fsp3) is 1.00. The number of hydrogen-bond donors (Lipinski definition) is 0. The van der Waals surface area contributed by atoms with E-state index in [9.17, 15) is 0 Å². The second kappa shape index (κ2) is 6.78. The van der Waals surface area contributed by atoms with Crippen LogP contribution in [-0.2, 0) is 9.68 Å². The number of hydroxylamine groups is 4. The van der Waals surface area contributed by atoms with Crippen LogP contribution < -0.4 is 0 Å². The van der Waals surface area contributed by atoms with Crippen LogP contribution >= 0.6 is 0 Å². The van der Waals surface area contributed by atoms with Crippen molar-refractivity contribution >= 4 is 0 Å². The van der Waals surface area contributed by atoms with Crippen molar-refractivity contribution in [1.29, 1.82) is 0 Å². The minimum atomic E-state index is 0.0198. The molecule has 2 aliphatic rings.